The normalized spacial score (nSPS) is 10.1. The van der Waals surface area contributed by atoms with Crippen molar-refractivity contribution in [2.75, 3.05) is 12.3 Å². The smallest absolute Gasteiger partial charge is 0.142 e. The van der Waals surface area contributed by atoms with Gasteiger partial charge in [0.2, 0.25) is 0 Å². The summed E-state index contributed by atoms with van der Waals surface area (Å²) < 4.78 is 18.2. The second-order valence-electron chi connectivity index (χ2n) is 2.57. The summed E-state index contributed by atoms with van der Waals surface area (Å²) in [6.07, 6.45) is 0. The van der Waals surface area contributed by atoms with Gasteiger partial charge in [-0.1, -0.05) is 0 Å². The lowest BCUT2D eigenvalue weighted by molar-refractivity contribution is 0.341. The van der Waals surface area contributed by atoms with Crippen LogP contribution in [0.25, 0.3) is 0 Å². The molecule has 0 bridgehead atoms. The van der Waals surface area contributed by atoms with Crippen molar-refractivity contribution in [1.82, 2.24) is 0 Å². The van der Waals surface area contributed by atoms with Crippen molar-refractivity contribution in [2.24, 2.45) is 5.73 Å². The molecule has 0 saturated heterocycles. The second-order valence-corrected chi connectivity index (χ2v) is 2.57. The molecule has 0 spiro atoms. The van der Waals surface area contributed by atoms with Gasteiger partial charge in [-0.3, -0.25) is 0 Å². The number of nitrogen functional groups attached to an aromatic ring is 1. The molecule has 3 nitrogen and oxygen atoms in total. The van der Waals surface area contributed by atoms with Gasteiger partial charge in [0, 0.05) is 12.1 Å². The van der Waals surface area contributed by atoms with Crippen molar-refractivity contribution in [2.45, 2.75) is 13.5 Å². The van der Waals surface area contributed by atoms with Gasteiger partial charge in [-0.2, -0.15) is 0 Å². The lowest BCUT2D eigenvalue weighted by Gasteiger charge is -2.10. The van der Waals surface area contributed by atoms with Gasteiger partial charge >= 0.3 is 0 Å². The second kappa shape index (κ2) is 4.09. The number of benzene rings is 1. The lowest BCUT2D eigenvalue weighted by atomic mass is 10.1. The van der Waals surface area contributed by atoms with Crippen molar-refractivity contribution in [3.8, 4) is 5.75 Å². The minimum atomic E-state index is -0.386. The molecule has 0 aliphatic carbocycles. The van der Waals surface area contributed by atoms with Crippen LogP contribution in [0.5, 0.6) is 5.75 Å². The van der Waals surface area contributed by atoms with E-state index in [9.17, 15) is 4.39 Å². The molecule has 0 atom stereocenters. The average molecular weight is 184 g/mol. The first kappa shape index (κ1) is 9.80. The van der Waals surface area contributed by atoms with E-state index in [1.807, 2.05) is 6.92 Å². The molecule has 1 rings (SSSR count). The summed E-state index contributed by atoms with van der Waals surface area (Å²) in [7, 11) is 0. The van der Waals surface area contributed by atoms with Crippen LogP contribution < -0.4 is 16.2 Å². The summed E-state index contributed by atoms with van der Waals surface area (Å²) in [5, 5.41) is 0. The monoisotopic (exact) mass is 184 g/mol. The highest BCUT2D eigenvalue weighted by molar-refractivity contribution is 5.58. The number of halogens is 1. The SMILES string of the molecule is CCOc1ccc(F)c(CN)c1N. The molecule has 0 heterocycles. The largest absolute Gasteiger partial charge is 0.492 e. The summed E-state index contributed by atoms with van der Waals surface area (Å²) in [5.74, 6) is 0.104. The molecule has 0 amide bonds. The third-order valence-electron chi connectivity index (χ3n) is 1.76. The third kappa shape index (κ3) is 1.89. The van der Waals surface area contributed by atoms with Crippen LogP contribution in [0.4, 0.5) is 10.1 Å². The number of nitrogens with two attached hydrogens (primary N) is 2. The molecule has 0 radical (unpaired) electrons. The van der Waals surface area contributed by atoms with E-state index >= 15 is 0 Å². The Labute approximate surface area is 76.5 Å². The molecule has 0 aliphatic rings. The van der Waals surface area contributed by atoms with E-state index in [0.29, 0.717) is 23.6 Å². The number of hydrogen-bond acceptors (Lipinski definition) is 3. The van der Waals surface area contributed by atoms with Crippen LogP contribution in [-0.2, 0) is 6.54 Å². The Morgan fingerprint density at radius 2 is 2.15 bits per heavy atom. The van der Waals surface area contributed by atoms with E-state index in [2.05, 4.69) is 0 Å². The molecule has 72 valence electrons. The minimum Gasteiger partial charge on any atom is -0.492 e. The highest BCUT2D eigenvalue weighted by atomic mass is 19.1. The van der Waals surface area contributed by atoms with Crippen molar-refractivity contribution >= 4 is 5.69 Å². The first-order chi connectivity index (χ1) is 6.20. The molecule has 0 saturated carbocycles. The lowest BCUT2D eigenvalue weighted by Crippen LogP contribution is -2.07. The number of hydrogen-bond donors (Lipinski definition) is 2. The maximum Gasteiger partial charge on any atom is 0.142 e. The Hall–Kier alpha value is -1.29. The van der Waals surface area contributed by atoms with Gasteiger partial charge in [-0.25, -0.2) is 4.39 Å². The zero-order chi connectivity index (χ0) is 9.84. The summed E-state index contributed by atoms with van der Waals surface area (Å²) in [6.45, 7) is 2.42. The van der Waals surface area contributed by atoms with Gasteiger partial charge in [0.25, 0.3) is 0 Å². The quantitative estimate of drug-likeness (QED) is 0.695. The van der Waals surface area contributed by atoms with Gasteiger partial charge < -0.3 is 16.2 Å². The standard InChI is InChI=1S/C9H13FN2O/c1-2-13-8-4-3-7(10)6(5-11)9(8)12/h3-4H,2,5,11-12H2,1H3. The Kier molecular flexibility index (Phi) is 3.08. The first-order valence-electron chi connectivity index (χ1n) is 4.10. The Balaban J connectivity index is 3.11. The molecule has 0 fully saturated rings. The van der Waals surface area contributed by atoms with Crippen LogP contribution in [0.15, 0.2) is 12.1 Å². The van der Waals surface area contributed by atoms with E-state index < -0.39 is 0 Å². The number of ether oxygens (including phenoxy) is 1. The van der Waals surface area contributed by atoms with Crippen LogP contribution in [0.2, 0.25) is 0 Å². The summed E-state index contributed by atoms with van der Waals surface area (Å²) >= 11 is 0. The molecule has 13 heavy (non-hydrogen) atoms. The molecule has 4 heteroatoms. The topological polar surface area (TPSA) is 61.3 Å². The van der Waals surface area contributed by atoms with Crippen molar-refractivity contribution in [1.29, 1.82) is 0 Å². The van der Waals surface area contributed by atoms with Gasteiger partial charge in [-0.15, -0.1) is 0 Å². The van der Waals surface area contributed by atoms with E-state index in [4.69, 9.17) is 16.2 Å². The fourth-order valence-electron chi connectivity index (χ4n) is 1.11. The van der Waals surface area contributed by atoms with E-state index in [0.717, 1.165) is 0 Å². The van der Waals surface area contributed by atoms with Crippen molar-refractivity contribution in [3.63, 3.8) is 0 Å². The van der Waals surface area contributed by atoms with Gasteiger partial charge in [0.1, 0.15) is 11.6 Å². The fraction of sp³-hybridized carbons (Fsp3) is 0.333. The predicted molar refractivity (Wildman–Crippen MR) is 49.9 cm³/mol. The zero-order valence-electron chi connectivity index (χ0n) is 7.51. The Morgan fingerprint density at radius 3 is 2.69 bits per heavy atom. The van der Waals surface area contributed by atoms with Crippen LogP contribution in [-0.4, -0.2) is 6.61 Å². The van der Waals surface area contributed by atoms with E-state index in [-0.39, 0.29) is 12.4 Å². The Morgan fingerprint density at radius 1 is 1.46 bits per heavy atom. The van der Waals surface area contributed by atoms with E-state index in [1.165, 1.54) is 12.1 Å². The molecule has 0 aromatic heterocycles. The predicted octanol–water partition coefficient (Wildman–Crippen LogP) is 1.27. The number of rotatable bonds is 3. The van der Waals surface area contributed by atoms with Gasteiger partial charge in [0.15, 0.2) is 0 Å². The first-order valence-corrected chi connectivity index (χ1v) is 4.10. The van der Waals surface area contributed by atoms with Crippen LogP contribution in [0.1, 0.15) is 12.5 Å². The molecule has 4 N–H and O–H groups in total. The maximum absolute atomic E-state index is 13.1. The molecule has 1 aromatic rings. The molecule has 1 aromatic carbocycles. The Bertz CT molecular complexity index is 302. The maximum atomic E-state index is 13.1. The van der Waals surface area contributed by atoms with E-state index in [1.54, 1.807) is 0 Å². The minimum absolute atomic E-state index is 0.0819. The molecule has 0 aliphatic heterocycles. The molecular weight excluding hydrogens is 171 g/mol. The summed E-state index contributed by atoms with van der Waals surface area (Å²) in [6, 6.07) is 2.82. The molecular formula is C9H13FN2O. The molecule has 0 unspecified atom stereocenters. The van der Waals surface area contributed by atoms with Gasteiger partial charge in [-0.05, 0) is 19.1 Å². The number of anilines is 1. The summed E-state index contributed by atoms with van der Waals surface area (Å²) in [5.41, 5.74) is 11.6. The highest BCUT2D eigenvalue weighted by Gasteiger charge is 2.09. The van der Waals surface area contributed by atoms with Crippen LogP contribution in [0, 0.1) is 5.82 Å². The van der Waals surface area contributed by atoms with Crippen molar-refractivity contribution in [3.05, 3.63) is 23.5 Å². The van der Waals surface area contributed by atoms with Crippen LogP contribution in [0.3, 0.4) is 0 Å². The zero-order valence-corrected chi connectivity index (χ0v) is 7.51. The third-order valence-corrected chi connectivity index (χ3v) is 1.76. The fourth-order valence-corrected chi connectivity index (χ4v) is 1.11. The summed E-state index contributed by atoms with van der Waals surface area (Å²) in [4.78, 5) is 0. The van der Waals surface area contributed by atoms with Crippen LogP contribution >= 0.6 is 0 Å². The highest BCUT2D eigenvalue weighted by Crippen LogP contribution is 2.27. The van der Waals surface area contributed by atoms with Gasteiger partial charge in [0.05, 0.1) is 12.3 Å². The van der Waals surface area contributed by atoms with Crippen molar-refractivity contribution < 1.29 is 9.13 Å². The average Bonchev–Trinajstić information content (AvgIpc) is 2.11.